The van der Waals surface area contributed by atoms with Crippen molar-refractivity contribution in [3.8, 4) is 0 Å². The second-order valence-corrected chi connectivity index (χ2v) is 4.81. The third kappa shape index (κ3) is 2.65. The van der Waals surface area contributed by atoms with Gasteiger partial charge in [0, 0.05) is 25.7 Å². The lowest BCUT2D eigenvalue weighted by Gasteiger charge is -2.40. The highest BCUT2D eigenvalue weighted by Crippen LogP contribution is 2.33. The Bertz CT molecular complexity index is 393. The normalized spacial score (nSPS) is 15.5. The number of anilines is 1. The summed E-state index contributed by atoms with van der Waals surface area (Å²) in [6.45, 7) is 1.17. The summed E-state index contributed by atoms with van der Waals surface area (Å²) in [6.07, 6.45) is 4.06. The zero-order valence-electron chi connectivity index (χ0n) is 10.6. The van der Waals surface area contributed by atoms with Gasteiger partial charge in [0.05, 0.1) is 5.69 Å². The smallest absolute Gasteiger partial charge is 0.146 e. The Morgan fingerprint density at radius 3 is 2.72 bits per heavy atom. The van der Waals surface area contributed by atoms with E-state index in [1.807, 2.05) is 6.07 Å². The largest absolute Gasteiger partial charge is 0.396 e. The maximum absolute atomic E-state index is 14.1. The van der Waals surface area contributed by atoms with E-state index in [4.69, 9.17) is 10.8 Å². The minimum atomic E-state index is -0.206. The van der Waals surface area contributed by atoms with Crippen LogP contribution in [0.1, 0.15) is 31.2 Å². The van der Waals surface area contributed by atoms with Gasteiger partial charge in [0.15, 0.2) is 0 Å². The summed E-state index contributed by atoms with van der Waals surface area (Å²) in [5.41, 5.74) is 7.19. The van der Waals surface area contributed by atoms with Gasteiger partial charge in [0.25, 0.3) is 0 Å². The van der Waals surface area contributed by atoms with Crippen molar-refractivity contribution in [2.75, 3.05) is 18.1 Å². The molecule has 1 saturated carbocycles. The van der Waals surface area contributed by atoms with Gasteiger partial charge in [-0.25, -0.2) is 4.39 Å². The summed E-state index contributed by atoms with van der Waals surface area (Å²) in [5, 5.41) is 8.99. The molecular formula is C14H21FN2O. The summed E-state index contributed by atoms with van der Waals surface area (Å²) < 4.78 is 14.1. The van der Waals surface area contributed by atoms with Crippen LogP contribution in [0.3, 0.4) is 0 Å². The van der Waals surface area contributed by atoms with Crippen molar-refractivity contribution in [2.24, 2.45) is 5.73 Å². The Labute approximate surface area is 107 Å². The molecule has 100 valence electrons. The second kappa shape index (κ2) is 6.16. The fraction of sp³-hybridized carbons (Fsp3) is 0.571. The third-order valence-electron chi connectivity index (χ3n) is 3.65. The lowest BCUT2D eigenvalue weighted by Crippen LogP contribution is -2.42. The Kier molecular flexibility index (Phi) is 4.55. The number of halogens is 1. The Balaban J connectivity index is 2.28. The molecule has 1 aromatic carbocycles. The molecule has 0 amide bonds. The number of aliphatic hydroxyl groups excluding tert-OH is 1. The first-order valence-corrected chi connectivity index (χ1v) is 6.63. The molecule has 1 aromatic rings. The lowest BCUT2D eigenvalue weighted by atomic mass is 9.90. The number of benzene rings is 1. The van der Waals surface area contributed by atoms with Gasteiger partial charge in [-0.1, -0.05) is 12.1 Å². The monoisotopic (exact) mass is 252 g/mol. The van der Waals surface area contributed by atoms with Crippen LogP contribution in [-0.4, -0.2) is 24.3 Å². The molecule has 3 nitrogen and oxygen atoms in total. The molecule has 4 heteroatoms. The number of hydrogen-bond donors (Lipinski definition) is 2. The van der Waals surface area contributed by atoms with Gasteiger partial charge >= 0.3 is 0 Å². The van der Waals surface area contributed by atoms with Crippen LogP contribution in [-0.2, 0) is 6.54 Å². The van der Waals surface area contributed by atoms with Crippen molar-refractivity contribution in [3.63, 3.8) is 0 Å². The van der Waals surface area contributed by atoms with Crippen molar-refractivity contribution in [3.05, 3.63) is 29.6 Å². The van der Waals surface area contributed by atoms with Gasteiger partial charge in [-0.15, -0.1) is 0 Å². The maximum Gasteiger partial charge on any atom is 0.146 e. The highest BCUT2D eigenvalue weighted by Gasteiger charge is 2.27. The van der Waals surface area contributed by atoms with Gasteiger partial charge in [-0.05, 0) is 37.3 Å². The molecule has 0 bridgehead atoms. The Morgan fingerprint density at radius 1 is 1.39 bits per heavy atom. The van der Waals surface area contributed by atoms with Crippen LogP contribution in [0, 0.1) is 5.82 Å². The van der Waals surface area contributed by atoms with Gasteiger partial charge in [-0.3, -0.25) is 0 Å². The molecule has 0 atom stereocenters. The fourth-order valence-electron chi connectivity index (χ4n) is 2.46. The van der Waals surface area contributed by atoms with Crippen LogP contribution in [0.5, 0.6) is 0 Å². The molecule has 0 aliphatic heterocycles. The number of rotatable bonds is 6. The maximum atomic E-state index is 14.1. The molecule has 0 radical (unpaired) electrons. The molecule has 0 aromatic heterocycles. The number of nitrogens with two attached hydrogens (primary N) is 1. The first-order valence-electron chi connectivity index (χ1n) is 6.63. The van der Waals surface area contributed by atoms with E-state index in [0.29, 0.717) is 31.2 Å². The van der Waals surface area contributed by atoms with E-state index in [2.05, 4.69) is 4.90 Å². The van der Waals surface area contributed by atoms with Crippen LogP contribution in [0.15, 0.2) is 18.2 Å². The zero-order chi connectivity index (χ0) is 13.0. The average molecular weight is 252 g/mol. The van der Waals surface area contributed by atoms with Crippen molar-refractivity contribution in [1.82, 2.24) is 0 Å². The third-order valence-corrected chi connectivity index (χ3v) is 3.65. The SMILES string of the molecule is NCc1cccc(F)c1N(CCCO)C1CCC1. The lowest BCUT2D eigenvalue weighted by molar-refractivity contribution is 0.282. The number of hydrogen-bond acceptors (Lipinski definition) is 3. The summed E-state index contributed by atoms with van der Waals surface area (Å²) >= 11 is 0. The van der Waals surface area contributed by atoms with Gasteiger partial charge in [-0.2, -0.15) is 0 Å². The van der Waals surface area contributed by atoms with E-state index in [9.17, 15) is 4.39 Å². The minimum Gasteiger partial charge on any atom is -0.396 e. The topological polar surface area (TPSA) is 49.5 Å². The van der Waals surface area contributed by atoms with Crippen molar-refractivity contribution in [2.45, 2.75) is 38.3 Å². The Morgan fingerprint density at radius 2 is 2.17 bits per heavy atom. The molecule has 1 aliphatic rings. The molecular weight excluding hydrogens is 231 g/mol. The van der Waals surface area contributed by atoms with Crippen LogP contribution in [0.2, 0.25) is 0 Å². The van der Waals surface area contributed by atoms with Crippen LogP contribution < -0.4 is 10.6 Å². The van der Waals surface area contributed by atoms with Crippen molar-refractivity contribution < 1.29 is 9.50 Å². The molecule has 0 heterocycles. The van der Waals surface area contributed by atoms with E-state index in [1.54, 1.807) is 6.07 Å². The second-order valence-electron chi connectivity index (χ2n) is 4.81. The molecule has 1 fully saturated rings. The molecule has 1 aliphatic carbocycles. The summed E-state index contributed by atoms with van der Waals surface area (Å²) in [6, 6.07) is 5.47. The summed E-state index contributed by atoms with van der Waals surface area (Å²) in [7, 11) is 0. The first kappa shape index (κ1) is 13.3. The molecule has 18 heavy (non-hydrogen) atoms. The molecule has 0 spiro atoms. The van der Waals surface area contributed by atoms with Crippen LogP contribution >= 0.6 is 0 Å². The molecule has 0 unspecified atom stereocenters. The number of nitrogens with zero attached hydrogens (tertiary/aromatic N) is 1. The minimum absolute atomic E-state index is 0.135. The van der Waals surface area contributed by atoms with Gasteiger partial charge in [0.2, 0.25) is 0 Å². The van der Waals surface area contributed by atoms with E-state index in [1.165, 1.54) is 12.5 Å². The van der Waals surface area contributed by atoms with Crippen LogP contribution in [0.25, 0.3) is 0 Å². The predicted octanol–water partition coefficient (Wildman–Crippen LogP) is 2.03. The highest BCUT2D eigenvalue weighted by atomic mass is 19.1. The molecule has 0 saturated heterocycles. The molecule has 2 rings (SSSR count). The zero-order valence-corrected chi connectivity index (χ0v) is 10.6. The van der Waals surface area contributed by atoms with E-state index < -0.39 is 0 Å². The number of aliphatic hydroxyl groups is 1. The average Bonchev–Trinajstić information content (AvgIpc) is 2.32. The summed E-state index contributed by atoms with van der Waals surface area (Å²) in [5.74, 6) is -0.206. The van der Waals surface area contributed by atoms with E-state index in [0.717, 1.165) is 18.4 Å². The van der Waals surface area contributed by atoms with E-state index in [-0.39, 0.29) is 12.4 Å². The predicted molar refractivity (Wildman–Crippen MR) is 71.0 cm³/mol. The van der Waals surface area contributed by atoms with Crippen molar-refractivity contribution >= 4 is 5.69 Å². The van der Waals surface area contributed by atoms with E-state index >= 15 is 0 Å². The fourth-order valence-corrected chi connectivity index (χ4v) is 2.46. The summed E-state index contributed by atoms with van der Waals surface area (Å²) in [4.78, 5) is 2.09. The standard InChI is InChI=1S/C14H21FN2O/c15-13-7-1-4-11(10-16)14(13)17(8-3-9-18)12-5-2-6-12/h1,4,7,12,18H,2-3,5-6,8-10,16H2. The molecule has 3 N–H and O–H groups in total. The first-order chi connectivity index (χ1) is 8.77. The van der Waals surface area contributed by atoms with Gasteiger partial charge in [0.1, 0.15) is 5.82 Å². The van der Waals surface area contributed by atoms with Crippen LogP contribution in [0.4, 0.5) is 10.1 Å². The van der Waals surface area contributed by atoms with Gasteiger partial charge < -0.3 is 15.7 Å². The van der Waals surface area contributed by atoms with Crippen molar-refractivity contribution in [1.29, 1.82) is 0 Å². The highest BCUT2D eigenvalue weighted by molar-refractivity contribution is 5.56. The Hall–Kier alpha value is -1.13. The quantitative estimate of drug-likeness (QED) is 0.814. The number of para-hydroxylation sites is 1.